The Morgan fingerprint density at radius 2 is 1.27 bits per heavy atom. The molecule has 2 N–H and O–H groups in total. The number of ether oxygens (including phenoxy) is 3. The van der Waals surface area contributed by atoms with Crippen LogP contribution in [0.1, 0.15) is 69.2 Å². The molecule has 12 heteroatoms. The van der Waals surface area contributed by atoms with E-state index in [2.05, 4.69) is 10.2 Å². The fraction of sp³-hybridized carbons (Fsp3) is 0.762. The lowest BCUT2D eigenvalue weighted by atomic mass is 10.0. The van der Waals surface area contributed by atoms with Crippen molar-refractivity contribution in [3.63, 3.8) is 0 Å². The van der Waals surface area contributed by atoms with E-state index in [9.17, 15) is 24.0 Å². The van der Waals surface area contributed by atoms with Crippen LogP contribution in [0.4, 0.5) is 14.4 Å². The van der Waals surface area contributed by atoms with Crippen LogP contribution in [0.3, 0.4) is 0 Å². The maximum absolute atomic E-state index is 12.8. The molecule has 33 heavy (non-hydrogen) atoms. The van der Waals surface area contributed by atoms with Gasteiger partial charge < -0.3 is 24.6 Å². The first kappa shape index (κ1) is 29.9. The van der Waals surface area contributed by atoms with Gasteiger partial charge in [-0.3, -0.25) is 4.84 Å². The van der Waals surface area contributed by atoms with Crippen LogP contribution in [-0.2, 0) is 28.6 Å². The number of carboxylic acid groups (broad SMARTS) is 1. The smallest absolute Gasteiger partial charge is 0.448 e. The zero-order chi connectivity index (χ0) is 26.3. The Balaban J connectivity index is 5.74. The largest absolute Gasteiger partial charge is 0.531 e. The Morgan fingerprint density at radius 3 is 1.64 bits per heavy atom. The lowest BCUT2D eigenvalue weighted by Gasteiger charge is -2.31. The van der Waals surface area contributed by atoms with E-state index in [1.807, 2.05) is 0 Å². The van der Waals surface area contributed by atoms with Gasteiger partial charge in [-0.1, -0.05) is 27.7 Å². The van der Waals surface area contributed by atoms with Crippen molar-refractivity contribution < 1.29 is 48.1 Å². The molecule has 0 unspecified atom stereocenters. The summed E-state index contributed by atoms with van der Waals surface area (Å²) in [5.41, 5.74) is -1.85. The maximum atomic E-state index is 12.8. The molecule has 0 aliphatic rings. The van der Waals surface area contributed by atoms with Gasteiger partial charge in [0.25, 0.3) is 0 Å². The summed E-state index contributed by atoms with van der Waals surface area (Å²) in [5, 5.41) is 11.6. The van der Waals surface area contributed by atoms with Gasteiger partial charge in [-0.25, -0.2) is 24.0 Å². The Kier molecular flexibility index (Phi) is 10.6. The zero-order valence-corrected chi connectivity index (χ0v) is 20.9. The minimum atomic E-state index is -1.88. The van der Waals surface area contributed by atoms with E-state index < -0.39 is 65.4 Å². The fourth-order valence-corrected chi connectivity index (χ4v) is 2.39. The number of nitrogens with zero attached hydrogens (tertiary/aromatic N) is 1. The summed E-state index contributed by atoms with van der Waals surface area (Å²) in [6, 6.07) is -2.90. The number of hydroxylamine groups is 2. The molecule has 0 aromatic carbocycles. The summed E-state index contributed by atoms with van der Waals surface area (Å²) >= 11 is 0. The molecule has 0 heterocycles. The molecule has 0 aromatic heterocycles. The van der Waals surface area contributed by atoms with Gasteiger partial charge >= 0.3 is 30.3 Å². The topological polar surface area (TPSA) is 158 Å². The SMILES string of the molecule is CC(C)[C@H](NC(=O)OC(C)(C)C)C(=O)OC(=O)[C@H](C(C)C)N(OC(=O)O)C(=O)OC(C)(C)C. The molecule has 0 rings (SSSR count). The molecule has 0 fully saturated rings. The lowest BCUT2D eigenvalue weighted by molar-refractivity contribution is -0.184. The van der Waals surface area contributed by atoms with Gasteiger partial charge in [0.05, 0.1) is 0 Å². The molecule has 0 radical (unpaired) electrons. The van der Waals surface area contributed by atoms with Gasteiger partial charge in [0.2, 0.25) is 0 Å². The summed E-state index contributed by atoms with van der Waals surface area (Å²) in [4.78, 5) is 65.7. The average molecular weight is 477 g/mol. The van der Waals surface area contributed by atoms with Crippen molar-refractivity contribution in [2.24, 2.45) is 11.8 Å². The van der Waals surface area contributed by atoms with Crippen molar-refractivity contribution in [1.29, 1.82) is 0 Å². The quantitative estimate of drug-likeness (QED) is 0.251. The number of alkyl carbamates (subject to hydrolysis) is 1. The third kappa shape index (κ3) is 11.4. The molecule has 0 saturated heterocycles. The van der Waals surface area contributed by atoms with Crippen LogP contribution in [0.2, 0.25) is 0 Å². The first-order valence-corrected chi connectivity index (χ1v) is 10.4. The average Bonchev–Trinajstić information content (AvgIpc) is 2.54. The summed E-state index contributed by atoms with van der Waals surface area (Å²) in [6.45, 7) is 15.7. The van der Waals surface area contributed by atoms with Crippen LogP contribution < -0.4 is 5.32 Å². The van der Waals surface area contributed by atoms with Gasteiger partial charge in [-0.2, -0.15) is 0 Å². The summed E-state index contributed by atoms with van der Waals surface area (Å²) < 4.78 is 15.1. The molecular weight excluding hydrogens is 440 g/mol. The first-order chi connectivity index (χ1) is 14.7. The first-order valence-electron chi connectivity index (χ1n) is 10.4. The van der Waals surface area contributed by atoms with Crippen molar-refractivity contribution in [1.82, 2.24) is 10.4 Å². The number of esters is 2. The highest BCUT2D eigenvalue weighted by Crippen LogP contribution is 2.19. The van der Waals surface area contributed by atoms with Gasteiger partial charge in [0.15, 0.2) is 6.04 Å². The van der Waals surface area contributed by atoms with E-state index in [4.69, 9.17) is 19.3 Å². The Labute approximate surface area is 193 Å². The minimum Gasteiger partial charge on any atom is -0.448 e. The standard InChI is InChI=1S/C21H36N2O10/c1-11(2)13(22-17(26)31-20(5,6)7)15(24)30-16(25)14(12(3)4)23(33-19(28)29)18(27)32-21(8,9)10/h11-14H,1-10H3,(H,22,26)(H,28,29)/t13-,14-/m0/s1. The Morgan fingerprint density at radius 1 is 0.788 bits per heavy atom. The zero-order valence-electron chi connectivity index (χ0n) is 20.9. The highest BCUT2D eigenvalue weighted by atomic mass is 16.8. The van der Waals surface area contributed by atoms with Crippen LogP contribution in [0.5, 0.6) is 0 Å². The molecule has 0 aliphatic carbocycles. The van der Waals surface area contributed by atoms with Gasteiger partial charge in [0, 0.05) is 0 Å². The highest BCUT2D eigenvalue weighted by molar-refractivity contribution is 5.93. The van der Waals surface area contributed by atoms with Gasteiger partial charge in [-0.15, -0.1) is 5.06 Å². The normalized spacial score (nSPS) is 13.6. The van der Waals surface area contributed by atoms with Crippen LogP contribution in [-0.4, -0.2) is 63.7 Å². The van der Waals surface area contributed by atoms with Crippen LogP contribution in [0, 0.1) is 11.8 Å². The van der Waals surface area contributed by atoms with E-state index in [1.54, 1.807) is 34.6 Å². The second kappa shape index (κ2) is 11.7. The molecule has 2 amide bonds. The molecule has 190 valence electrons. The lowest BCUT2D eigenvalue weighted by Crippen LogP contribution is -2.53. The highest BCUT2D eigenvalue weighted by Gasteiger charge is 2.42. The van der Waals surface area contributed by atoms with E-state index in [1.165, 1.54) is 34.6 Å². The van der Waals surface area contributed by atoms with E-state index >= 15 is 0 Å². The molecule has 0 saturated carbocycles. The van der Waals surface area contributed by atoms with Crippen molar-refractivity contribution in [3.8, 4) is 0 Å². The second-order valence-corrected chi connectivity index (χ2v) is 9.96. The monoisotopic (exact) mass is 476 g/mol. The van der Waals surface area contributed by atoms with E-state index in [-0.39, 0.29) is 5.06 Å². The van der Waals surface area contributed by atoms with E-state index in [0.29, 0.717) is 0 Å². The summed E-state index contributed by atoms with van der Waals surface area (Å²) in [7, 11) is 0. The predicted octanol–water partition coefficient (Wildman–Crippen LogP) is 3.48. The summed E-state index contributed by atoms with van der Waals surface area (Å²) in [5.74, 6) is -3.62. The Hall–Kier alpha value is -3.05. The van der Waals surface area contributed by atoms with Crippen molar-refractivity contribution >= 4 is 30.3 Å². The molecule has 0 aliphatic heterocycles. The molecule has 0 spiro atoms. The van der Waals surface area contributed by atoms with Gasteiger partial charge in [0.1, 0.15) is 17.2 Å². The van der Waals surface area contributed by atoms with Crippen LogP contribution >= 0.6 is 0 Å². The number of amides is 2. The number of rotatable bonds is 6. The maximum Gasteiger partial charge on any atom is 0.531 e. The third-order valence-electron chi connectivity index (χ3n) is 3.67. The van der Waals surface area contributed by atoms with Crippen LogP contribution in [0.25, 0.3) is 0 Å². The van der Waals surface area contributed by atoms with Crippen LogP contribution in [0.15, 0.2) is 0 Å². The summed E-state index contributed by atoms with van der Waals surface area (Å²) in [6.07, 6.45) is -4.03. The van der Waals surface area contributed by atoms with Gasteiger partial charge in [-0.05, 0) is 53.4 Å². The van der Waals surface area contributed by atoms with Crippen molar-refractivity contribution in [2.75, 3.05) is 0 Å². The molecule has 12 nitrogen and oxygen atoms in total. The minimum absolute atomic E-state index is 0.208. The predicted molar refractivity (Wildman–Crippen MR) is 115 cm³/mol. The Bertz CT molecular complexity index is 734. The molecular formula is C21H36N2O10. The van der Waals surface area contributed by atoms with Crippen molar-refractivity contribution in [2.45, 2.75) is 92.5 Å². The third-order valence-corrected chi connectivity index (χ3v) is 3.67. The number of hydrogen-bond acceptors (Lipinski definition) is 9. The number of carbonyl (C=O) groups excluding carboxylic acids is 4. The second-order valence-electron chi connectivity index (χ2n) is 9.96. The molecule has 2 atom stereocenters. The number of carbonyl (C=O) groups is 5. The molecule has 0 bridgehead atoms. The number of hydrogen-bond donors (Lipinski definition) is 2. The van der Waals surface area contributed by atoms with Crippen molar-refractivity contribution in [3.05, 3.63) is 0 Å². The van der Waals surface area contributed by atoms with E-state index in [0.717, 1.165) is 0 Å². The fourth-order valence-electron chi connectivity index (χ4n) is 2.39. The number of nitrogens with one attached hydrogen (secondary N) is 1. The molecule has 0 aromatic rings.